The highest BCUT2D eigenvalue weighted by atomic mass is 16.5. The molecule has 0 fully saturated rings. The van der Waals surface area contributed by atoms with E-state index in [9.17, 15) is 0 Å². The number of hydrogen-bond donors (Lipinski definition) is 1. The molecule has 0 saturated carbocycles. The van der Waals surface area contributed by atoms with Gasteiger partial charge in [-0.15, -0.1) is 0 Å². The van der Waals surface area contributed by atoms with Crippen molar-refractivity contribution in [2.45, 2.75) is 58.8 Å². The summed E-state index contributed by atoms with van der Waals surface area (Å²) < 4.78 is 12.1. The quantitative estimate of drug-likeness (QED) is 0.348. The summed E-state index contributed by atoms with van der Waals surface area (Å²) in [6.07, 6.45) is 0.908. The molecule has 0 aromatic heterocycles. The molecule has 3 aromatic carbocycles. The van der Waals surface area contributed by atoms with Crippen LogP contribution in [-0.4, -0.2) is 19.8 Å². The average Bonchev–Trinajstić information content (AvgIpc) is 2.77. The number of anilines is 1. The lowest BCUT2D eigenvalue weighted by Gasteiger charge is -2.27. The molecule has 0 aliphatic rings. The molecule has 0 radical (unpaired) electrons. The molecule has 3 rings (SSSR count). The van der Waals surface area contributed by atoms with Crippen molar-refractivity contribution < 1.29 is 9.47 Å². The van der Waals surface area contributed by atoms with Crippen LogP contribution in [0.3, 0.4) is 0 Å². The molecule has 0 amide bonds. The minimum absolute atomic E-state index is 0.0281. The predicted molar refractivity (Wildman–Crippen MR) is 140 cm³/mol. The zero-order chi connectivity index (χ0) is 23.9. The van der Waals surface area contributed by atoms with Crippen LogP contribution in [0.15, 0.2) is 72.8 Å². The topological polar surface area (TPSA) is 30.5 Å². The van der Waals surface area contributed by atoms with Gasteiger partial charge in [0.2, 0.25) is 0 Å². The van der Waals surface area contributed by atoms with Crippen molar-refractivity contribution in [3.8, 4) is 11.5 Å². The zero-order valence-corrected chi connectivity index (χ0v) is 21.1. The Morgan fingerprint density at radius 3 is 2.03 bits per heavy atom. The Hall–Kier alpha value is -2.94. The van der Waals surface area contributed by atoms with Crippen LogP contribution < -0.4 is 14.8 Å². The van der Waals surface area contributed by atoms with Gasteiger partial charge in [0, 0.05) is 18.7 Å². The number of benzene rings is 3. The highest BCUT2D eigenvalue weighted by Gasteiger charge is 2.23. The summed E-state index contributed by atoms with van der Waals surface area (Å²) in [4.78, 5) is 0. The first kappa shape index (κ1) is 24.7. The normalized spacial score (nSPS) is 11.8. The molecule has 0 spiro atoms. The van der Waals surface area contributed by atoms with E-state index in [0.29, 0.717) is 13.2 Å². The molecule has 0 bridgehead atoms. The summed E-state index contributed by atoms with van der Waals surface area (Å²) >= 11 is 0. The van der Waals surface area contributed by atoms with E-state index in [1.807, 2.05) is 18.2 Å². The molecule has 1 N–H and O–H groups in total. The van der Waals surface area contributed by atoms with Crippen molar-refractivity contribution in [2.24, 2.45) is 0 Å². The summed E-state index contributed by atoms with van der Waals surface area (Å²) in [6.45, 7) is 15.5. The average molecular weight is 446 g/mol. The highest BCUT2D eigenvalue weighted by Crippen LogP contribution is 2.35. The van der Waals surface area contributed by atoms with Gasteiger partial charge in [-0.3, -0.25) is 0 Å². The van der Waals surface area contributed by atoms with Crippen LogP contribution in [0.25, 0.3) is 0 Å². The Morgan fingerprint density at radius 2 is 1.39 bits per heavy atom. The standard InChI is InChI=1S/C30H39NO2/c1-29(2,3)24-12-17-28(27(22-24)30(4,5)6)33-21-19-31-25-13-15-26(16-14-25)32-20-18-23-10-8-7-9-11-23/h7-17,22,31H,18-21H2,1-6H3. The Morgan fingerprint density at radius 1 is 0.697 bits per heavy atom. The van der Waals surface area contributed by atoms with Gasteiger partial charge in [-0.05, 0) is 57.9 Å². The summed E-state index contributed by atoms with van der Waals surface area (Å²) in [5.74, 6) is 1.86. The van der Waals surface area contributed by atoms with E-state index in [1.54, 1.807) is 0 Å². The fourth-order valence-electron chi connectivity index (χ4n) is 3.67. The molecule has 3 aromatic rings. The Balaban J connectivity index is 1.48. The number of ether oxygens (including phenoxy) is 2. The molecular formula is C30H39NO2. The molecule has 0 unspecified atom stereocenters. The van der Waals surface area contributed by atoms with Gasteiger partial charge in [0.25, 0.3) is 0 Å². The van der Waals surface area contributed by atoms with Crippen molar-refractivity contribution in [3.05, 3.63) is 89.5 Å². The molecule has 3 nitrogen and oxygen atoms in total. The smallest absolute Gasteiger partial charge is 0.123 e. The largest absolute Gasteiger partial charge is 0.493 e. The van der Waals surface area contributed by atoms with E-state index in [4.69, 9.17) is 9.47 Å². The van der Waals surface area contributed by atoms with E-state index < -0.39 is 0 Å². The summed E-state index contributed by atoms with van der Waals surface area (Å²) in [6, 6.07) is 25.2. The van der Waals surface area contributed by atoms with Crippen LogP contribution >= 0.6 is 0 Å². The van der Waals surface area contributed by atoms with Gasteiger partial charge in [0.05, 0.1) is 6.61 Å². The zero-order valence-electron chi connectivity index (χ0n) is 21.1. The van der Waals surface area contributed by atoms with Gasteiger partial charge in [-0.25, -0.2) is 0 Å². The van der Waals surface area contributed by atoms with Gasteiger partial charge < -0.3 is 14.8 Å². The molecule has 0 aliphatic carbocycles. The Kier molecular flexibility index (Phi) is 8.07. The molecule has 176 valence electrons. The second kappa shape index (κ2) is 10.8. The molecule has 0 saturated heterocycles. The molecule has 0 atom stereocenters. The molecule has 0 aliphatic heterocycles. The lowest BCUT2D eigenvalue weighted by Crippen LogP contribution is -2.19. The summed E-state index contributed by atoms with van der Waals surface area (Å²) in [5, 5.41) is 3.44. The highest BCUT2D eigenvalue weighted by molar-refractivity contribution is 5.46. The van der Waals surface area contributed by atoms with Crippen molar-refractivity contribution in [2.75, 3.05) is 25.1 Å². The summed E-state index contributed by atoms with van der Waals surface area (Å²) in [5.41, 5.74) is 5.10. The third-order valence-corrected chi connectivity index (χ3v) is 5.70. The maximum Gasteiger partial charge on any atom is 0.123 e. The Labute approximate surface area is 200 Å². The van der Waals surface area contributed by atoms with Crippen LogP contribution in [0, 0.1) is 0 Å². The lowest BCUT2D eigenvalue weighted by molar-refractivity contribution is 0.321. The minimum Gasteiger partial charge on any atom is -0.493 e. The lowest BCUT2D eigenvalue weighted by atomic mass is 9.80. The third-order valence-electron chi connectivity index (χ3n) is 5.70. The van der Waals surface area contributed by atoms with E-state index >= 15 is 0 Å². The van der Waals surface area contributed by atoms with Gasteiger partial charge in [-0.1, -0.05) is 84.0 Å². The fraction of sp³-hybridized carbons (Fsp3) is 0.400. The SMILES string of the molecule is CC(C)(C)c1ccc(OCCNc2ccc(OCCc3ccccc3)cc2)c(C(C)(C)C)c1. The van der Waals surface area contributed by atoms with E-state index in [2.05, 4.69) is 101 Å². The van der Waals surface area contributed by atoms with Crippen LogP contribution in [0.5, 0.6) is 11.5 Å². The van der Waals surface area contributed by atoms with Crippen LogP contribution in [0.1, 0.15) is 58.2 Å². The van der Waals surface area contributed by atoms with Crippen LogP contribution in [0.4, 0.5) is 5.69 Å². The Bertz CT molecular complexity index is 996. The van der Waals surface area contributed by atoms with Gasteiger partial charge >= 0.3 is 0 Å². The first-order chi connectivity index (χ1) is 15.6. The van der Waals surface area contributed by atoms with Crippen LogP contribution in [-0.2, 0) is 17.3 Å². The first-order valence-electron chi connectivity index (χ1n) is 11.9. The number of hydrogen-bond acceptors (Lipinski definition) is 3. The van der Waals surface area contributed by atoms with Gasteiger partial charge in [0.15, 0.2) is 0 Å². The van der Waals surface area contributed by atoms with E-state index in [0.717, 1.165) is 30.2 Å². The van der Waals surface area contributed by atoms with Crippen LogP contribution in [0.2, 0.25) is 0 Å². The maximum absolute atomic E-state index is 6.18. The van der Waals surface area contributed by atoms with E-state index in [-0.39, 0.29) is 10.8 Å². The summed E-state index contributed by atoms with van der Waals surface area (Å²) in [7, 11) is 0. The third kappa shape index (κ3) is 7.56. The van der Waals surface area contributed by atoms with E-state index in [1.165, 1.54) is 16.7 Å². The monoisotopic (exact) mass is 445 g/mol. The van der Waals surface area contributed by atoms with Gasteiger partial charge in [0.1, 0.15) is 18.1 Å². The predicted octanol–water partition coefficient (Wildman–Crippen LogP) is 7.39. The number of nitrogens with one attached hydrogen (secondary N) is 1. The maximum atomic E-state index is 6.18. The minimum atomic E-state index is 0.0281. The van der Waals surface area contributed by atoms with Gasteiger partial charge in [-0.2, -0.15) is 0 Å². The van der Waals surface area contributed by atoms with Crippen molar-refractivity contribution >= 4 is 5.69 Å². The fourth-order valence-corrected chi connectivity index (χ4v) is 3.67. The first-order valence-corrected chi connectivity index (χ1v) is 11.9. The number of rotatable bonds is 9. The van der Waals surface area contributed by atoms with Crippen molar-refractivity contribution in [3.63, 3.8) is 0 Å². The molecule has 0 heterocycles. The molecule has 3 heteroatoms. The second-order valence-electron chi connectivity index (χ2n) is 10.6. The van der Waals surface area contributed by atoms with Crippen molar-refractivity contribution in [1.82, 2.24) is 0 Å². The second-order valence-corrected chi connectivity index (χ2v) is 10.6. The molecule has 33 heavy (non-hydrogen) atoms. The molecular weight excluding hydrogens is 406 g/mol. The van der Waals surface area contributed by atoms with Crippen molar-refractivity contribution in [1.29, 1.82) is 0 Å².